The Morgan fingerprint density at radius 1 is 1.50 bits per heavy atom. The van der Waals surface area contributed by atoms with E-state index in [0.29, 0.717) is 18.2 Å². The molecule has 0 aliphatic carbocycles. The van der Waals surface area contributed by atoms with Crippen LogP contribution in [0.5, 0.6) is 0 Å². The molecule has 1 aromatic carbocycles. The molecule has 1 atom stereocenters. The second-order valence-corrected chi connectivity index (χ2v) is 5.86. The molecule has 0 aliphatic heterocycles. The van der Waals surface area contributed by atoms with Gasteiger partial charge in [-0.05, 0) is 32.5 Å². The van der Waals surface area contributed by atoms with Gasteiger partial charge in [-0.2, -0.15) is 0 Å². The second kappa shape index (κ2) is 8.34. The summed E-state index contributed by atoms with van der Waals surface area (Å²) < 4.78 is 0.858. The molecule has 0 aliphatic rings. The summed E-state index contributed by atoms with van der Waals surface area (Å²) >= 11 is 3.35. The lowest BCUT2D eigenvalue weighted by Crippen LogP contribution is -2.34. The van der Waals surface area contributed by atoms with Gasteiger partial charge in [0, 0.05) is 41.8 Å². The molecule has 1 unspecified atom stereocenters. The zero-order valence-electron chi connectivity index (χ0n) is 12.2. The quantitative estimate of drug-likeness (QED) is 0.447. The van der Waals surface area contributed by atoms with Crippen LogP contribution in [0.25, 0.3) is 0 Å². The first-order chi connectivity index (χ1) is 9.45. The predicted molar refractivity (Wildman–Crippen MR) is 84.9 cm³/mol. The number of benzene rings is 1. The largest absolute Gasteiger partial charge is 0.311 e. The topological polar surface area (TPSA) is 58.4 Å². The summed E-state index contributed by atoms with van der Waals surface area (Å²) in [6.45, 7) is 6.60. The molecule has 0 saturated carbocycles. The molecule has 1 N–H and O–H groups in total. The van der Waals surface area contributed by atoms with Crippen molar-refractivity contribution < 1.29 is 4.92 Å². The third kappa shape index (κ3) is 5.19. The summed E-state index contributed by atoms with van der Waals surface area (Å²) in [7, 11) is 2.09. The molecule has 5 nitrogen and oxygen atoms in total. The Morgan fingerprint density at radius 3 is 2.80 bits per heavy atom. The van der Waals surface area contributed by atoms with Crippen molar-refractivity contribution in [3.63, 3.8) is 0 Å². The van der Waals surface area contributed by atoms with Gasteiger partial charge in [0.25, 0.3) is 5.69 Å². The van der Waals surface area contributed by atoms with Crippen molar-refractivity contribution in [2.45, 2.75) is 32.9 Å². The number of nitrogens with zero attached hydrogens (tertiary/aromatic N) is 2. The van der Waals surface area contributed by atoms with Crippen molar-refractivity contribution in [3.05, 3.63) is 38.3 Å². The van der Waals surface area contributed by atoms with Crippen LogP contribution in [0.2, 0.25) is 0 Å². The molecule has 0 amide bonds. The molecule has 1 aromatic rings. The van der Waals surface area contributed by atoms with E-state index in [0.717, 1.165) is 24.0 Å². The number of likely N-dealkylation sites (N-methyl/N-ethyl adjacent to an activating group) is 1. The molecule has 0 spiro atoms. The lowest BCUT2D eigenvalue weighted by Gasteiger charge is -2.23. The van der Waals surface area contributed by atoms with Gasteiger partial charge in [0.1, 0.15) is 0 Å². The Bertz CT molecular complexity index is 454. The minimum absolute atomic E-state index is 0.163. The molecule has 0 radical (unpaired) electrons. The number of rotatable bonds is 8. The Kier molecular flexibility index (Phi) is 7.12. The molecule has 0 bridgehead atoms. The smallest absolute Gasteiger partial charge is 0.273 e. The van der Waals surface area contributed by atoms with Gasteiger partial charge >= 0.3 is 0 Å². The van der Waals surface area contributed by atoms with Crippen molar-refractivity contribution >= 4 is 21.6 Å². The van der Waals surface area contributed by atoms with Crippen molar-refractivity contribution in [1.29, 1.82) is 0 Å². The van der Waals surface area contributed by atoms with Gasteiger partial charge in [-0.1, -0.05) is 22.9 Å². The molecule has 20 heavy (non-hydrogen) atoms. The van der Waals surface area contributed by atoms with Crippen LogP contribution < -0.4 is 5.32 Å². The third-order valence-electron chi connectivity index (χ3n) is 3.54. The average Bonchev–Trinajstić information content (AvgIpc) is 2.42. The zero-order valence-corrected chi connectivity index (χ0v) is 13.8. The molecule has 112 valence electrons. The first-order valence-electron chi connectivity index (χ1n) is 6.79. The van der Waals surface area contributed by atoms with E-state index >= 15 is 0 Å². The van der Waals surface area contributed by atoms with Crippen LogP contribution in [0.4, 0.5) is 5.69 Å². The van der Waals surface area contributed by atoms with E-state index in [2.05, 4.69) is 47.0 Å². The number of nitrogens with one attached hydrogen (secondary N) is 1. The van der Waals surface area contributed by atoms with E-state index in [1.165, 1.54) is 6.07 Å². The Hall–Kier alpha value is -0.980. The molecule has 6 heteroatoms. The van der Waals surface area contributed by atoms with Crippen LogP contribution >= 0.6 is 15.9 Å². The number of halogens is 1. The number of nitro groups is 1. The Labute approximate surface area is 128 Å². The van der Waals surface area contributed by atoms with Crippen LogP contribution in [-0.4, -0.2) is 36.0 Å². The minimum atomic E-state index is -0.339. The van der Waals surface area contributed by atoms with Gasteiger partial charge in [0.15, 0.2) is 0 Å². The Balaban J connectivity index is 2.50. The van der Waals surface area contributed by atoms with Crippen molar-refractivity contribution in [2.24, 2.45) is 0 Å². The fraction of sp³-hybridized carbons (Fsp3) is 0.571. The molecular formula is C14H22BrN3O2. The highest BCUT2D eigenvalue weighted by Crippen LogP contribution is 2.22. The number of nitro benzene ring substituents is 1. The Morgan fingerprint density at radius 2 is 2.20 bits per heavy atom. The SMILES string of the molecule is CCC(C)N(C)CCNCc1cc(Br)ccc1[N+](=O)[O-]. The maximum Gasteiger partial charge on any atom is 0.273 e. The summed E-state index contributed by atoms with van der Waals surface area (Å²) in [5, 5.41) is 14.2. The fourth-order valence-electron chi connectivity index (χ4n) is 1.88. The van der Waals surface area contributed by atoms with Gasteiger partial charge in [-0.15, -0.1) is 0 Å². The van der Waals surface area contributed by atoms with Gasteiger partial charge in [-0.3, -0.25) is 10.1 Å². The van der Waals surface area contributed by atoms with Gasteiger partial charge < -0.3 is 10.2 Å². The zero-order chi connectivity index (χ0) is 15.1. The molecule has 0 heterocycles. The van der Waals surface area contributed by atoms with E-state index in [4.69, 9.17) is 0 Å². The van der Waals surface area contributed by atoms with E-state index in [1.54, 1.807) is 12.1 Å². The lowest BCUT2D eigenvalue weighted by atomic mass is 10.2. The number of hydrogen-bond donors (Lipinski definition) is 1. The highest BCUT2D eigenvalue weighted by Gasteiger charge is 2.13. The maximum absolute atomic E-state index is 11.0. The van der Waals surface area contributed by atoms with E-state index in [9.17, 15) is 10.1 Å². The first-order valence-corrected chi connectivity index (χ1v) is 7.58. The predicted octanol–water partition coefficient (Wildman–Crippen LogP) is 3.18. The lowest BCUT2D eigenvalue weighted by molar-refractivity contribution is -0.385. The standard InChI is InChI=1S/C14H22BrN3O2/c1-4-11(2)17(3)8-7-16-10-12-9-13(15)5-6-14(12)18(19)20/h5-6,9,11,16H,4,7-8,10H2,1-3H3. The minimum Gasteiger partial charge on any atom is -0.311 e. The molecule has 1 rings (SSSR count). The average molecular weight is 344 g/mol. The van der Waals surface area contributed by atoms with Crippen LogP contribution in [0.15, 0.2) is 22.7 Å². The summed E-state index contributed by atoms with van der Waals surface area (Å²) in [6, 6.07) is 5.57. The normalized spacial score (nSPS) is 12.7. The van der Waals surface area contributed by atoms with Crippen LogP contribution in [0.1, 0.15) is 25.8 Å². The van der Waals surface area contributed by atoms with Crippen molar-refractivity contribution in [2.75, 3.05) is 20.1 Å². The van der Waals surface area contributed by atoms with Gasteiger partial charge in [0.2, 0.25) is 0 Å². The van der Waals surface area contributed by atoms with Crippen molar-refractivity contribution in [1.82, 2.24) is 10.2 Å². The van der Waals surface area contributed by atoms with Crippen LogP contribution in [-0.2, 0) is 6.54 Å². The van der Waals surface area contributed by atoms with Crippen LogP contribution in [0, 0.1) is 10.1 Å². The van der Waals surface area contributed by atoms with E-state index < -0.39 is 0 Å². The highest BCUT2D eigenvalue weighted by atomic mass is 79.9. The second-order valence-electron chi connectivity index (χ2n) is 4.94. The van der Waals surface area contributed by atoms with Crippen molar-refractivity contribution in [3.8, 4) is 0 Å². The molecule has 0 fully saturated rings. The highest BCUT2D eigenvalue weighted by molar-refractivity contribution is 9.10. The third-order valence-corrected chi connectivity index (χ3v) is 4.03. The molecular weight excluding hydrogens is 322 g/mol. The van der Waals surface area contributed by atoms with E-state index in [-0.39, 0.29) is 10.6 Å². The summed E-state index contributed by atoms with van der Waals surface area (Å²) in [4.78, 5) is 12.9. The van der Waals surface area contributed by atoms with Crippen LogP contribution in [0.3, 0.4) is 0 Å². The summed E-state index contributed by atoms with van der Waals surface area (Å²) in [5.74, 6) is 0. The fourth-order valence-corrected chi connectivity index (χ4v) is 2.29. The molecule has 0 aromatic heterocycles. The molecule has 0 saturated heterocycles. The summed E-state index contributed by atoms with van der Waals surface area (Å²) in [5.41, 5.74) is 0.867. The van der Waals surface area contributed by atoms with Gasteiger partial charge in [0.05, 0.1) is 4.92 Å². The summed E-state index contributed by atoms with van der Waals surface area (Å²) in [6.07, 6.45) is 1.12. The number of hydrogen-bond acceptors (Lipinski definition) is 4. The van der Waals surface area contributed by atoms with Gasteiger partial charge in [-0.25, -0.2) is 0 Å². The van der Waals surface area contributed by atoms with E-state index in [1.807, 2.05) is 0 Å². The first kappa shape index (κ1) is 17.1. The maximum atomic E-state index is 11.0. The monoisotopic (exact) mass is 343 g/mol.